The minimum atomic E-state index is -3.93. The highest BCUT2D eigenvalue weighted by Gasteiger charge is 2.18. The minimum Gasteiger partial charge on any atom is -0.358 e. The fourth-order valence-electron chi connectivity index (χ4n) is 1.51. The normalized spacial score (nSPS) is 10.6. The van der Waals surface area contributed by atoms with Crippen LogP contribution in [-0.4, -0.2) is 18.3 Å². The van der Waals surface area contributed by atoms with E-state index in [1.54, 1.807) is 0 Å². The van der Waals surface area contributed by atoms with Gasteiger partial charge < -0.3 is 10.1 Å². The molecule has 2 rings (SSSR count). The molecule has 1 aromatic heterocycles. The number of aromatic nitrogens is 1. The molecule has 0 radical (unpaired) electrons. The average molecular weight is 304 g/mol. The number of benzene rings is 1. The zero-order valence-corrected chi connectivity index (χ0v) is 11.2. The summed E-state index contributed by atoms with van der Waals surface area (Å²) in [5.74, 6) is -0.444. The Kier molecular flexibility index (Phi) is 3.82. The summed E-state index contributed by atoms with van der Waals surface area (Å²) in [6.45, 7) is 0. The Labute approximate surface area is 119 Å². The number of pyridine rings is 1. The molecule has 0 bridgehead atoms. The third-order valence-corrected chi connectivity index (χ3v) is 3.83. The van der Waals surface area contributed by atoms with Gasteiger partial charge in [-0.15, -0.1) is 0 Å². The van der Waals surface area contributed by atoms with E-state index in [0.29, 0.717) is 5.56 Å². The van der Waals surface area contributed by atoms with Crippen molar-refractivity contribution in [2.24, 2.45) is 0 Å². The first kappa shape index (κ1) is 14.4. The van der Waals surface area contributed by atoms with Crippen LogP contribution in [0.5, 0.6) is 0 Å². The second-order valence-electron chi connectivity index (χ2n) is 3.91. The Morgan fingerprint density at radius 1 is 1.29 bits per heavy atom. The predicted molar refractivity (Wildman–Crippen MR) is 72.9 cm³/mol. The lowest BCUT2D eigenvalue weighted by atomic mass is 10.2. The molecule has 9 heteroatoms. The molecule has 0 spiro atoms. The van der Waals surface area contributed by atoms with Gasteiger partial charge in [-0.05, 0) is 34.2 Å². The van der Waals surface area contributed by atoms with Crippen LogP contribution in [-0.2, 0) is 10.0 Å². The molecule has 1 N–H and O–H groups in total. The fraction of sp³-hybridized carbons (Fsp3) is 0. The van der Waals surface area contributed by atoms with Crippen LogP contribution in [0.15, 0.2) is 47.5 Å². The number of nitro groups is 1. The van der Waals surface area contributed by atoms with Gasteiger partial charge in [0.25, 0.3) is 10.0 Å². The molecule has 0 saturated carbocycles. The van der Waals surface area contributed by atoms with E-state index >= 15 is 0 Å². The van der Waals surface area contributed by atoms with E-state index < -0.39 is 20.8 Å². The van der Waals surface area contributed by atoms with Crippen LogP contribution in [0.3, 0.4) is 0 Å². The first-order chi connectivity index (χ1) is 9.92. The maximum Gasteiger partial charge on any atom is 0.363 e. The lowest BCUT2D eigenvalue weighted by Crippen LogP contribution is -2.13. The van der Waals surface area contributed by atoms with Crippen LogP contribution in [0.4, 0.5) is 11.5 Å². The quantitative estimate of drug-likeness (QED) is 0.676. The summed E-state index contributed by atoms with van der Waals surface area (Å²) in [6, 6.07) is 9.90. The van der Waals surface area contributed by atoms with Crippen molar-refractivity contribution < 1.29 is 13.3 Å². The third kappa shape index (κ3) is 3.31. The maximum atomic E-state index is 12.1. The molecule has 0 aliphatic carbocycles. The Hall–Kier alpha value is -2.99. The van der Waals surface area contributed by atoms with Gasteiger partial charge in [0.1, 0.15) is 4.90 Å². The molecule has 0 amide bonds. The second kappa shape index (κ2) is 5.56. The highest BCUT2D eigenvalue weighted by atomic mass is 32.2. The Balaban J connectivity index is 2.29. The topological polar surface area (TPSA) is 126 Å². The molecule has 0 fully saturated rings. The molecule has 1 heterocycles. The van der Waals surface area contributed by atoms with Crippen molar-refractivity contribution in [3.63, 3.8) is 0 Å². The lowest BCUT2D eigenvalue weighted by molar-refractivity contribution is -0.389. The number of anilines is 1. The summed E-state index contributed by atoms with van der Waals surface area (Å²) in [7, 11) is -3.93. The molecule has 0 unspecified atom stereocenters. The molecule has 0 aliphatic heterocycles. The van der Waals surface area contributed by atoms with Crippen molar-refractivity contribution >= 4 is 21.5 Å². The second-order valence-corrected chi connectivity index (χ2v) is 5.59. The van der Waals surface area contributed by atoms with Gasteiger partial charge in [-0.2, -0.15) is 5.26 Å². The fourth-order valence-corrected chi connectivity index (χ4v) is 2.50. The molecule has 106 valence electrons. The van der Waals surface area contributed by atoms with Crippen LogP contribution in [0.2, 0.25) is 0 Å². The summed E-state index contributed by atoms with van der Waals surface area (Å²) < 4.78 is 26.4. The molecular formula is C12H8N4O4S. The van der Waals surface area contributed by atoms with E-state index in [4.69, 9.17) is 5.26 Å². The van der Waals surface area contributed by atoms with Gasteiger partial charge in [0.2, 0.25) is 0 Å². The monoisotopic (exact) mass is 304 g/mol. The number of rotatable bonds is 4. The van der Waals surface area contributed by atoms with Gasteiger partial charge in [0, 0.05) is 6.07 Å². The van der Waals surface area contributed by atoms with E-state index in [0.717, 1.165) is 18.3 Å². The number of sulfonamides is 1. The predicted octanol–water partition coefficient (Wildman–Crippen LogP) is 1.66. The van der Waals surface area contributed by atoms with Crippen molar-refractivity contribution in [3.8, 4) is 6.07 Å². The van der Waals surface area contributed by atoms with Gasteiger partial charge in [-0.1, -0.05) is 6.07 Å². The summed E-state index contributed by atoms with van der Waals surface area (Å²) in [4.78, 5) is 13.0. The third-order valence-electron chi connectivity index (χ3n) is 2.46. The number of nitriles is 1. The summed E-state index contributed by atoms with van der Waals surface area (Å²) in [5, 5.41) is 19.2. The van der Waals surface area contributed by atoms with E-state index in [1.807, 2.05) is 6.07 Å². The van der Waals surface area contributed by atoms with Gasteiger partial charge >= 0.3 is 5.82 Å². The summed E-state index contributed by atoms with van der Waals surface area (Å²) in [5.41, 5.74) is 0.518. The van der Waals surface area contributed by atoms with E-state index in [-0.39, 0.29) is 10.6 Å². The van der Waals surface area contributed by atoms with Gasteiger partial charge in [0.05, 0.1) is 17.3 Å². The molecule has 2 aromatic rings. The highest BCUT2D eigenvalue weighted by Crippen LogP contribution is 2.18. The first-order valence-corrected chi connectivity index (χ1v) is 7.04. The zero-order valence-electron chi connectivity index (χ0n) is 10.4. The molecule has 8 nitrogen and oxygen atoms in total. The molecule has 0 atom stereocenters. The molecule has 0 saturated heterocycles. The van der Waals surface area contributed by atoms with Crippen LogP contribution in [0.1, 0.15) is 5.56 Å². The SMILES string of the molecule is N#Cc1cccc(NS(=O)(=O)c2ccc([N+](=O)[O-])nc2)c1. The number of nitrogens with one attached hydrogen (secondary N) is 1. The van der Waals surface area contributed by atoms with Gasteiger partial charge in [-0.25, -0.2) is 8.42 Å². The Morgan fingerprint density at radius 3 is 2.62 bits per heavy atom. The van der Waals surface area contributed by atoms with Crippen LogP contribution in [0.25, 0.3) is 0 Å². The van der Waals surface area contributed by atoms with Crippen LogP contribution in [0, 0.1) is 21.4 Å². The minimum absolute atomic E-state index is 0.213. The van der Waals surface area contributed by atoms with Crippen molar-refractivity contribution in [1.82, 2.24) is 4.98 Å². The van der Waals surface area contributed by atoms with E-state index in [2.05, 4.69) is 9.71 Å². The molecule has 21 heavy (non-hydrogen) atoms. The average Bonchev–Trinajstić information content (AvgIpc) is 2.47. The standard InChI is InChI=1S/C12H8N4O4S/c13-7-9-2-1-3-10(6-9)15-21(19,20)11-4-5-12(14-8-11)16(17)18/h1-6,8,15H. The van der Waals surface area contributed by atoms with Crippen molar-refractivity contribution in [2.45, 2.75) is 4.90 Å². The lowest BCUT2D eigenvalue weighted by Gasteiger charge is -2.06. The highest BCUT2D eigenvalue weighted by molar-refractivity contribution is 7.92. The number of hydrogen-bond donors (Lipinski definition) is 1. The van der Waals surface area contributed by atoms with Crippen LogP contribution >= 0.6 is 0 Å². The molecular weight excluding hydrogens is 296 g/mol. The van der Waals surface area contributed by atoms with Gasteiger partial charge in [0.15, 0.2) is 6.20 Å². The van der Waals surface area contributed by atoms with Gasteiger partial charge in [-0.3, -0.25) is 4.72 Å². The number of hydrogen-bond acceptors (Lipinski definition) is 6. The van der Waals surface area contributed by atoms with E-state index in [1.165, 1.54) is 24.3 Å². The zero-order chi connectivity index (χ0) is 15.5. The molecule has 0 aliphatic rings. The van der Waals surface area contributed by atoms with Crippen molar-refractivity contribution in [3.05, 3.63) is 58.3 Å². The first-order valence-electron chi connectivity index (χ1n) is 5.56. The van der Waals surface area contributed by atoms with Crippen LogP contribution < -0.4 is 4.72 Å². The Bertz CT molecular complexity index is 825. The van der Waals surface area contributed by atoms with Crippen molar-refractivity contribution in [2.75, 3.05) is 4.72 Å². The van der Waals surface area contributed by atoms with Crippen molar-refractivity contribution in [1.29, 1.82) is 5.26 Å². The van der Waals surface area contributed by atoms with E-state index in [9.17, 15) is 18.5 Å². The maximum absolute atomic E-state index is 12.1. The Morgan fingerprint density at radius 2 is 2.05 bits per heavy atom. The smallest absolute Gasteiger partial charge is 0.358 e. The number of nitrogens with zero attached hydrogens (tertiary/aromatic N) is 3. The summed E-state index contributed by atoms with van der Waals surface area (Å²) >= 11 is 0. The summed E-state index contributed by atoms with van der Waals surface area (Å²) in [6.07, 6.45) is 0.897. The molecule has 1 aromatic carbocycles. The largest absolute Gasteiger partial charge is 0.363 e.